The first-order chi connectivity index (χ1) is 9.59. The summed E-state index contributed by atoms with van der Waals surface area (Å²) in [4.78, 5) is 35.2. The minimum atomic E-state index is -1.25. The molecule has 7 nitrogen and oxygen atoms in total. The van der Waals surface area contributed by atoms with Crippen LogP contribution in [0, 0.1) is 0 Å². The zero-order chi connectivity index (χ0) is 14.3. The number of carbonyl (C=O) groups is 2. The van der Waals surface area contributed by atoms with Crippen molar-refractivity contribution < 1.29 is 19.4 Å². The van der Waals surface area contributed by atoms with Crippen LogP contribution in [0.4, 0.5) is 0 Å². The molecule has 1 saturated heterocycles. The SMILES string of the molecule is O=C(O)c1nn([C@@H]2CCOC2=O)c(=O)c2ccccc12. The fourth-order valence-electron chi connectivity index (χ4n) is 2.28. The Morgan fingerprint density at radius 3 is 2.60 bits per heavy atom. The summed E-state index contributed by atoms with van der Waals surface area (Å²) in [5.41, 5.74) is -0.741. The molecule has 1 aliphatic rings. The standard InChI is InChI=1S/C13H10N2O5/c16-11-8-4-2-1-3-7(8)10(12(17)18)14-15(11)9-5-6-20-13(9)19/h1-4,9H,5-6H2,(H,17,18)/t9-/m1/s1. The predicted molar refractivity (Wildman–Crippen MR) is 67.6 cm³/mol. The van der Waals surface area contributed by atoms with E-state index in [0.717, 1.165) is 4.68 Å². The summed E-state index contributed by atoms with van der Waals surface area (Å²) in [6.45, 7) is 0.201. The molecule has 0 bridgehead atoms. The van der Waals surface area contributed by atoms with E-state index in [-0.39, 0.29) is 23.1 Å². The Kier molecular flexibility index (Phi) is 2.74. The summed E-state index contributed by atoms with van der Waals surface area (Å²) >= 11 is 0. The lowest BCUT2D eigenvalue weighted by atomic mass is 10.1. The molecule has 1 aliphatic heterocycles. The van der Waals surface area contributed by atoms with Crippen molar-refractivity contribution >= 4 is 22.7 Å². The molecule has 2 aromatic rings. The molecule has 20 heavy (non-hydrogen) atoms. The molecule has 1 aromatic carbocycles. The predicted octanol–water partition coefficient (Wildman–Crippen LogP) is 0.583. The average Bonchev–Trinajstić information content (AvgIpc) is 2.85. The smallest absolute Gasteiger partial charge is 0.357 e. The van der Waals surface area contributed by atoms with E-state index in [1.807, 2.05) is 0 Å². The van der Waals surface area contributed by atoms with Crippen molar-refractivity contribution in [3.05, 3.63) is 40.3 Å². The summed E-state index contributed by atoms with van der Waals surface area (Å²) in [5.74, 6) is -1.81. The van der Waals surface area contributed by atoms with Crippen molar-refractivity contribution in [3.8, 4) is 0 Å². The molecule has 0 aliphatic carbocycles. The highest BCUT2D eigenvalue weighted by Gasteiger charge is 2.31. The Balaban J connectivity index is 2.33. The molecule has 102 valence electrons. The molecule has 0 amide bonds. The van der Waals surface area contributed by atoms with Gasteiger partial charge in [-0.25, -0.2) is 14.3 Å². The maximum absolute atomic E-state index is 12.3. The second-order valence-electron chi connectivity index (χ2n) is 4.42. The number of ether oxygens (including phenoxy) is 1. The third-order valence-electron chi connectivity index (χ3n) is 3.23. The monoisotopic (exact) mass is 274 g/mol. The van der Waals surface area contributed by atoms with E-state index >= 15 is 0 Å². The molecular weight excluding hydrogens is 264 g/mol. The van der Waals surface area contributed by atoms with Crippen molar-refractivity contribution in [1.82, 2.24) is 9.78 Å². The number of rotatable bonds is 2. The Hall–Kier alpha value is -2.70. The molecule has 1 atom stereocenters. The summed E-state index contributed by atoms with van der Waals surface area (Å²) in [5, 5.41) is 13.5. The van der Waals surface area contributed by atoms with Crippen LogP contribution >= 0.6 is 0 Å². The average molecular weight is 274 g/mol. The number of fused-ring (bicyclic) bond motifs is 1. The summed E-state index contributed by atoms with van der Waals surface area (Å²) in [6.07, 6.45) is 0.309. The van der Waals surface area contributed by atoms with Gasteiger partial charge in [0, 0.05) is 11.8 Å². The van der Waals surface area contributed by atoms with Crippen LogP contribution in [-0.2, 0) is 9.53 Å². The van der Waals surface area contributed by atoms with E-state index in [0.29, 0.717) is 6.42 Å². The molecule has 0 saturated carbocycles. The first-order valence-electron chi connectivity index (χ1n) is 6.01. The molecule has 1 fully saturated rings. The van der Waals surface area contributed by atoms with Crippen LogP contribution in [0.1, 0.15) is 23.0 Å². The van der Waals surface area contributed by atoms with E-state index in [2.05, 4.69) is 5.10 Å². The van der Waals surface area contributed by atoms with Crippen molar-refractivity contribution in [1.29, 1.82) is 0 Å². The van der Waals surface area contributed by atoms with Crippen LogP contribution in [0.3, 0.4) is 0 Å². The molecule has 0 unspecified atom stereocenters. The van der Waals surface area contributed by atoms with Gasteiger partial charge in [-0.3, -0.25) is 4.79 Å². The number of carboxylic acids is 1. The highest BCUT2D eigenvalue weighted by molar-refractivity contribution is 6.01. The van der Waals surface area contributed by atoms with Gasteiger partial charge in [0.2, 0.25) is 0 Å². The van der Waals surface area contributed by atoms with Gasteiger partial charge < -0.3 is 9.84 Å². The largest absolute Gasteiger partial charge is 0.476 e. The molecule has 1 N–H and O–H groups in total. The molecule has 7 heteroatoms. The van der Waals surface area contributed by atoms with E-state index in [1.165, 1.54) is 12.1 Å². The third-order valence-corrected chi connectivity index (χ3v) is 3.23. The Morgan fingerprint density at radius 2 is 2.00 bits per heavy atom. The summed E-state index contributed by atoms with van der Waals surface area (Å²) in [7, 11) is 0. The highest BCUT2D eigenvalue weighted by Crippen LogP contribution is 2.20. The number of hydrogen-bond donors (Lipinski definition) is 1. The van der Waals surface area contributed by atoms with Gasteiger partial charge in [-0.05, 0) is 6.07 Å². The van der Waals surface area contributed by atoms with Crippen LogP contribution in [0.25, 0.3) is 10.8 Å². The number of cyclic esters (lactones) is 1. The lowest BCUT2D eigenvalue weighted by Crippen LogP contribution is -2.31. The van der Waals surface area contributed by atoms with Crippen LogP contribution in [0.2, 0.25) is 0 Å². The van der Waals surface area contributed by atoms with Gasteiger partial charge in [0.1, 0.15) is 0 Å². The number of benzene rings is 1. The van der Waals surface area contributed by atoms with Crippen molar-refractivity contribution in [3.63, 3.8) is 0 Å². The number of aromatic carboxylic acids is 1. The second kappa shape index (κ2) is 4.44. The van der Waals surface area contributed by atoms with Crippen LogP contribution in [0.15, 0.2) is 29.1 Å². The minimum absolute atomic E-state index is 0.201. The normalized spacial score (nSPS) is 18.2. The molecule has 3 rings (SSSR count). The maximum atomic E-state index is 12.3. The number of hydrogen-bond acceptors (Lipinski definition) is 5. The van der Waals surface area contributed by atoms with Crippen LogP contribution in [-0.4, -0.2) is 33.4 Å². The third kappa shape index (κ3) is 1.75. The van der Waals surface area contributed by atoms with Gasteiger partial charge in [0.15, 0.2) is 11.7 Å². The number of aromatic nitrogens is 2. The fraction of sp³-hybridized carbons (Fsp3) is 0.231. The van der Waals surface area contributed by atoms with Gasteiger partial charge >= 0.3 is 11.9 Å². The van der Waals surface area contributed by atoms with E-state index < -0.39 is 23.5 Å². The fourth-order valence-corrected chi connectivity index (χ4v) is 2.28. The van der Waals surface area contributed by atoms with Crippen LogP contribution < -0.4 is 5.56 Å². The lowest BCUT2D eigenvalue weighted by molar-refractivity contribution is -0.141. The number of carboxylic acid groups (broad SMARTS) is 1. The van der Waals surface area contributed by atoms with Gasteiger partial charge in [-0.1, -0.05) is 18.2 Å². The quantitative estimate of drug-likeness (QED) is 0.804. The number of carbonyl (C=O) groups excluding carboxylic acids is 1. The molecular formula is C13H10N2O5. The minimum Gasteiger partial charge on any atom is -0.476 e. The van der Waals surface area contributed by atoms with Crippen molar-refractivity contribution in [2.75, 3.05) is 6.61 Å². The van der Waals surface area contributed by atoms with E-state index in [4.69, 9.17) is 4.74 Å². The Morgan fingerprint density at radius 1 is 1.30 bits per heavy atom. The molecule has 1 aromatic heterocycles. The van der Waals surface area contributed by atoms with Crippen LogP contribution in [0.5, 0.6) is 0 Å². The number of esters is 1. The lowest BCUT2D eigenvalue weighted by Gasteiger charge is -2.11. The Bertz CT molecular complexity index is 780. The van der Waals surface area contributed by atoms with E-state index in [1.54, 1.807) is 12.1 Å². The maximum Gasteiger partial charge on any atom is 0.357 e. The highest BCUT2D eigenvalue weighted by atomic mass is 16.5. The summed E-state index contributed by atoms with van der Waals surface area (Å²) < 4.78 is 5.72. The van der Waals surface area contributed by atoms with Crippen molar-refractivity contribution in [2.24, 2.45) is 0 Å². The Labute approximate surface area is 112 Å². The van der Waals surface area contributed by atoms with Gasteiger partial charge in [-0.2, -0.15) is 5.10 Å². The zero-order valence-electron chi connectivity index (χ0n) is 10.3. The van der Waals surface area contributed by atoms with E-state index in [9.17, 15) is 19.5 Å². The molecule has 2 heterocycles. The van der Waals surface area contributed by atoms with Gasteiger partial charge in [0.25, 0.3) is 5.56 Å². The first-order valence-corrected chi connectivity index (χ1v) is 6.01. The molecule has 0 spiro atoms. The van der Waals surface area contributed by atoms with Crippen molar-refractivity contribution in [2.45, 2.75) is 12.5 Å². The topological polar surface area (TPSA) is 98.5 Å². The zero-order valence-corrected chi connectivity index (χ0v) is 10.3. The molecule has 0 radical (unpaired) electrons. The van der Waals surface area contributed by atoms with Gasteiger partial charge in [-0.15, -0.1) is 0 Å². The van der Waals surface area contributed by atoms with Gasteiger partial charge in [0.05, 0.1) is 12.0 Å². The first kappa shape index (κ1) is 12.3. The second-order valence-corrected chi connectivity index (χ2v) is 4.42. The summed E-state index contributed by atoms with van der Waals surface area (Å²) in [6, 6.07) is 5.44. The number of nitrogens with zero attached hydrogens (tertiary/aromatic N) is 2.